The van der Waals surface area contributed by atoms with Crippen LogP contribution in [0.2, 0.25) is 0 Å². The molecule has 166 valence electrons. The average Bonchev–Trinajstić information content (AvgIpc) is 2.79. The summed E-state index contributed by atoms with van der Waals surface area (Å²) in [6, 6.07) is 14.1. The van der Waals surface area contributed by atoms with Crippen LogP contribution in [0.15, 0.2) is 48.5 Å². The molecule has 6 nitrogen and oxygen atoms in total. The van der Waals surface area contributed by atoms with Crippen LogP contribution in [-0.2, 0) is 14.3 Å². The highest BCUT2D eigenvalue weighted by Gasteiger charge is 2.16. The van der Waals surface area contributed by atoms with E-state index < -0.39 is 5.82 Å². The zero-order valence-electron chi connectivity index (χ0n) is 17.9. The van der Waals surface area contributed by atoms with Gasteiger partial charge in [0.25, 0.3) is 0 Å². The molecule has 2 aromatic rings. The first-order valence-corrected chi connectivity index (χ1v) is 10.8. The van der Waals surface area contributed by atoms with Crippen LogP contribution in [0, 0.1) is 5.82 Å². The molecule has 2 N–H and O–H groups in total. The number of carbonyl (C=O) groups excluding carboxylic acids is 2. The molecule has 3 rings (SSSR count). The molecule has 0 radical (unpaired) electrons. The van der Waals surface area contributed by atoms with Crippen LogP contribution in [0.1, 0.15) is 37.7 Å². The van der Waals surface area contributed by atoms with Crippen LogP contribution < -0.4 is 10.6 Å². The first-order valence-electron chi connectivity index (χ1n) is 10.8. The molecule has 1 fully saturated rings. The summed E-state index contributed by atoms with van der Waals surface area (Å²) in [6.45, 7) is 5.58. The van der Waals surface area contributed by atoms with Crippen LogP contribution in [0.5, 0.6) is 0 Å². The van der Waals surface area contributed by atoms with Gasteiger partial charge in [-0.2, -0.15) is 0 Å². The summed E-state index contributed by atoms with van der Waals surface area (Å²) < 4.78 is 19.5. The molecular formula is C24H30FN3O3. The van der Waals surface area contributed by atoms with E-state index in [-0.39, 0.29) is 29.8 Å². The summed E-state index contributed by atoms with van der Waals surface area (Å²) in [4.78, 5) is 26.9. The van der Waals surface area contributed by atoms with Crippen molar-refractivity contribution >= 4 is 23.2 Å². The number of nitrogens with one attached hydrogen (secondary N) is 2. The largest absolute Gasteiger partial charge is 0.379 e. The van der Waals surface area contributed by atoms with Gasteiger partial charge >= 0.3 is 0 Å². The van der Waals surface area contributed by atoms with Crippen LogP contribution in [0.25, 0.3) is 0 Å². The van der Waals surface area contributed by atoms with E-state index in [9.17, 15) is 14.0 Å². The third kappa shape index (κ3) is 7.15. The van der Waals surface area contributed by atoms with Gasteiger partial charge in [0.2, 0.25) is 11.8 Å². The topological polar surface area (TPSA) is 70.7 Å². The van der Waals surface area contributed by atoms with Crippen molar-refractivity contribution in [1.82, 2.24) is 4.90 Å². The molecule has 1 unspecified atom stereocenters. The molecule has 2 amide bonds. The normalized spacial score (nSPS) is 15.3. The lowest BCUT2D eigenvalue weighted by molar-refractivity contribution is -0.117. The van der Waals surface area contributed by atoms with Gasteiger partial charge in [0.15, 0.2) is 0 Å². The van der Waals surface area contributed by atoms with Crippen molar-refractivity contribution in [1.29, 1.82) is 0 Å². The van der Waals surface area contributed by atoms with E-state index in [4.69, 9.17) is 4.74 Å². The van der Waals surface area contributed by atoms with Crippen LogP contribution >= 0.6 is 0 Å². The van der Waals surface area contributed by atoms with Gasteiger partial charge in [-0.25, -0.2) is 4.39 Å². The maximum Gasteiger partial charge on any atom is 0.225 e. The fourth-order valence-corrected chi connectivity index (χ4v) is 3.65. The minimum absolute atomic E-state index is 0.0693. The summed E-state index contributed by atoms with van der Waals surface area (Å²) >= 11 is 0. The van der Waals surface area contributed by atoms with Gasteiger partial charge in [0.05, 0.1) is 18.9 Å². The molecule has 1 aliphatic rings. The Balaban J connectivity index is 1.54. The van der Waals surface area contributed by atoms with E-state index in [1.54, 1.807) is 0 Å². The van der Waals surface area contributed by atoms with Gasteiger partial charge in [0, 0.05) is 38.2 Å². The van der Waals surface area contributed by atoms with E-state index in [0.717, 1.165) is 25.1 Å². The second-order valence-electron chi connectivity index (χ2n) is 7.71. The number of rotatable bonds is 9. The number of hydrogen-bond acceptors (Lipinski definition) is 4. The number of morpholine rings is 1. The van der Waals surface area contributed by atoms with Gasteiger partial charge in [0.1, 0.15) is 5.82 Å². The molecule has 7 heteroatoms. The summed E-state index contributed by atoms with van der Waals surface area (Å²) in [5, 5.41) is 5.44. The third-order valence-corrected chi connectivity index (χ3v) is 5.48. The van der Waals surface area contributed by atoms with Crippen molar-refractivity contribution in [2.45, 2.75) is 32.1 Å². The number of benzene rings is 2. The standard InChI is InChI=1S/C24H30FN3O3/c1-2-18(19-6-4-3-5-7-19)16-24(30)26-20-8-9-21(25)22(17-20)27-23(29)10-11-28-12-14-31-15-13-28/h3-9,17-18H,2,10-16H2,1H3,(H,26,30)(H,27,29). The minimum Gasteiger partial charge on any atom is -0.379 e. The van der Waals surface area contributed by atoms with Crippen LogP contribution in [0.3, 0.4) is 0 Å². The fraction of sp³-hybridized carbons (Fsp3) is 0.417. The molecule has 0 bridgehead atoms. The summed E-state index contributed by atoms with van der Waals surface area (Å²) in [6.07, 6.45) is 1.44. The molecule has 1 heterocycles. The number of halogens is 1. The number of carbonyl (C=O) groups is 2. The van der Waals surface area contributed by atoms with Gasteiger partial charge in [-0.15, -0.1) is 0 Å². The van der Waals surface area contributed by atoms with Crippen molar-refractivity contribution in [2.24, 2.45) is 0 Å². The minimum atomic E-state index is -0.534. The molecule has 0 aliphatic carbocycles. The lowest BCUT2D eigenvalue weighted by atomic mass is 9.93. The second kappa shape index (κ2) is 11.6. The maximum atomic E-state index is 14.2. The van der Waals surface area contributed by atoms with Gasteiger partial charge in [-0.05, 0) is 36.1 Å². The number of hydrogen-bond donors (Lipinski definition) is 2. The van der Waals surface area contributed by atoms with Gasteiger partial charge in [-0.1, -0.05) is 37.3 Å². The molecule has 31 heavy (non-hydrogen) atoms. The van der Waals surface area contributed by atoms with E-state index in [0.29, 0.717) is 31.9 Å². The fourth-order valence-electron chi connectivity index (χ4n) is 3.65. The molecule has 0 aromatic heterocycles. The maximum absolute atomic E-state index is 14.2. The number of anilines is 2. The lowest BCUT2D eigenvalue weighted by Gasteiger charge is -2.26. The van der Waals surface area contributed by atoms with E-state index >= 15 is 0 Å². The van der Waals surface area contributed by atoms with Gasteiger partial charge in [-0.3, -0.25) is 14.5 Å². The van der Waals surface area contributed by atoms with Gasteiger partial charge < -0.3 is 15.4 Å². The Morgan fingerprint density at radius 3 is 2.52 bits per heavy atom. The average molecular weight is 428 g/mol. The predicted octanol–water partition coefficient (Wildman–Crippen LogP) is 4.01. The molecule has 0 saturated carbocycles. The van der Waals surface area contributed by atoms with Crippen molar-refractivity contribution in [2.75, 3.05) is 43.5 Å². The Bertz CT molecular complexity index is 870. The highest BCUT2D eigenvalue weighted by Crippen LogP contribution is 2.25. The highest BCUT2D eigenvalue weighted by atomic mass is 19.1. The van der Waals surface area contributed by atoms with E-state index in [1.165, 1.54) is 18.2 Å². The summed E-state index contributed by atoms with van der Waals surface area (Å²) in [7, 11) is 0. The summed E-state index contributed by atoms with van der Waals surface area (Å²) in [5.41, 5.74) is 1.64. The van der Waals surface area contributed by atoms with Crippen LogP contribution in [0.4, 0.5) is 15.8 Å². The zero-order chi connectivity index (χ0) is 22.1. The summed E-state index contributed by atoms with van der Waals surface area (Å²) in [5.74, 6) is -0.828. The van der Waals surface area contributed by atoms with E-state index in [1.807, 2.05) is 37.3 Å². The smallest absolute Gasteiger partial charge is 0.225 e. The van der Waals surface area contributed by atoms with E-state index in [2.05, 4.69) is 15.5 Å². The van der Waals surface area contributed by atoms with Crippen LogP contribution in [-0.4, -0.2) is 49.6 Å². The van der Waals surface area contributed by atoms with Crippen molar-refractivity contribution in [3.63, 3.8) is 0 Å². The SMILES string of the molecule is CCC(CC(=O)Nc1ccc(F)c(NC(=O)CCN2CCOCC2)c1)c1ccccc1. The second-order valence-corrected chi connectivity index (χ2v) is 7.71. The molecule has 0 spiro atoms. The van der Waals surface area contributed by atoms with Crippen molar-refractivity contribution in [3.05, 3.63) is 59.9 Å². The molecule has 1 aliphatic heterocycles. The molecule has 1 atom stereocenters. The third-order valence-electron chi connectivity index (χ3n) is 5.48. The molecule has 2 aromatic carbocycles. The van der Waals surface area contributed by atoms with Crippen molar-refractivity contribution in [3.8, 4) is 0 Å². The molecule has 1 saturated heterocycles. The quantitative estimate of drug-likeness (QED) is 0.634. The zero-order valence-corrected chi connectivity index (χ0v) is 17.9. The Kier molecular flexibility index (Phi) is 8.55. The monoisotopic (exact) mass is 427 g/mol. The number of ether oxygens (including phenoxy) is 1. The predicted molar refractivity (Wildman–Crippen MR) is 120 cm³/mol. The Hall–Kier alpha value is -2.77. The Labute approximate surface area is 182 Å². The Morgan fingerprint density at radius 1 is 1.06 bits per heavy atom. The lowest BCUT2D eigenvalue weighted by Crippen LogP contribution is -2.38. The first-order chi connectivity index (χ1) is 15.0. The first kappa shape index (κ1) is 22.9. The highest BCUT2D eigenvalue weighted by molar-refractivity contribution is 5.94. The number of nitrogens with zero attached hydrogens (tertiary/aromatic N) is 1. The molecular weight excluding hydrogens is 397 g/mol. The number of amides is 2. The van der Waals surface area contributed by atoms with Crippen molar-refractivity contribution < 1.29 is 18.7 Å². The Morgan fingerprint density at radius 2 is 1.81 bits per heavy atom.